The SMILES string of the molecule is CCc1nc(I)c(C(=O)NCC2CCC(C(=O)OC)CC2)n1Cc1ccc(C(F)(F)F)cc1. The van der Waals surface area contributed by atoms with E-state index in [0.29, 0.717) is 33.7 Å². The molecule has 0 unspecified atom stereocenters. The third-order valence-corrected chi connectivity index (χ3v) is 6.84. The molecule has 0 saturated heterocycles. The second kappa shape index (κ2) is 10.9. The van der Waals surface area contributed by atoms with Crippen LogP contribution >= 0.6 is 22.6 Å². The highest BCUT2D eigenvalue weighted by Crippen LogP contribution is 2.30. The van der Waals surface area contributed by atoms with E-state index in [4.69, 9.17) is 4.74 Å². The van der Waals surface area contributed by atoms with Crippen molar-refractivity contribution in [3.63, 3.8) is 0 Å². The van der Waals surface area contributed by atoms with Gasteiger partial charge in [-0.1, -0.05) is 19.1 Å². The predicted octanol–water partition coefficient (Wildman–Crippen LogP) is 4.83. The van der Waals surface area contributed by atoms with Crippen LogP contribution in [0.3, 0.4) is 0 Å². The number of rotatable bonds is 7. The Kier molecular flexibility index (Phi) is 8.41. The summed E-state index contributed by atoms with van der Waals surface area (Å²) in [5.41, 5.74) is 0.361. The zero-order valence-corrected chi connectivity index (χ0v) is 20.7. The van der Waals surface area contributed by atoms with E-state index in [1.807, 2.05) is 29.5 Å². The molecule has 1 fully saturated rings. The Morgan fingerprint density at radius 2 is 1.82 bits per heavy atom. The van der Waals surface area contributed by atoms with Crippen molar-refractivity contribution >= 4 is 34.5 Å². The molecule has 1 aliphatic carbocycles. The van der Waals surface area contributed by atoms with Crippen LogP contribution in [-0.4, -0.2) is 35.1 Å². The average molecular weight is 577 g/mol. The van der Waals surface area contributed by atoms with E-state index < -0.39 is 11.7 Å². The summed E-state index contributed by atoms with van der Waals surface area (Å²) in [6.07, 6.45) is -0.641. The fourth-order valence-electron chi connectivity index (χ4n) is 4.19. The molecule has 0 spiro atoms. The maximum absolute atomic E-state index is 13.1. The number of aryl methyl sites for hydroxylation is 1. The third-order valence-electron chi connectivity index (χ3n) is 6.09. The minimum absolute atomic E-state index is 0.0693. The van der Waals surface area contributed by atoms with E-state index in [0.717, 1.165) is 37.8 Å². The Balaban J connectivity index is 1.68. The summed E-state index contributed by atoms with van der Waals surface area (Å²) in [6, 6.07) is 4.95. The number of halogens is 4. The Labute approximate surface area is 204 Å². The van der Waals surface area contributed by atoms with Crippen molar-refractivity contribution < 1.29 is 27.5 Å². The van der Waals surface area contributed by atoms with Crippen molar-refractivity contribution in [2.75, 3.05) is 13.7 Å². The lowest BCUT2D eigenvalue weighted by molar-refractivity contribution is -0.146. The number of benzene rings is 1. The average Bonchev–Trinajstić information content (AvgIpc) is 3.11. The molecule has 1 amide bonds. The molecule has 0 atom stereocenters. The van der Waals surface area contributed by atoms with Gasteiger partial charge in [0.05, 0.1) is 18.6 Å². The monoisotopic (exact) mass is 577 g/mol. The zero-order chi connectivity index (χ0) is 24.2. The first-order valence-corrected chi connectivity index (χ1v) is 12.0. The number of carbonyl (C=O) groups is 2. The number of amides is 1. The van der Waals surface area contributed by atoms with Gasteiger partial charge < -0.3 is 14.6 Å². The lowest BCUT2D eigenvalue weighted by Gasteiger charge is -2.27. The van der Waals surface area contributed by atoms with E-state index in [-0.39, 0.29) is 30.3 Å². The van der Waals surface area contributed by atoms with Gasteiger partial charge in [-0.25, -0.2) is 4.98 Å². The van der Waals surface area contributed by atoms with Crippen LogP contribution in [0.1, 0.15) is 60.0 Å². The Morgan fingerprint density at radius 3 is 2.36 bits per heavy atom. The van der Waals surface area contributed by atoms with Gasteiger partial charge in [-0.3, -0.25) is 9.59 Å². The van der Waals surface area contributed by atoms with Crippen molar-refractivity contribution in [3.05, 3.63) is 50.6 Å². The Morgan fingerprint density at radius 1 is 1.18 bits per heavy atom. The molecular formula is C23H27F3IN3O3. The van der Waals surface area contributed by atoms with E-state index in [9.17, 15) is 22.8 Å². The van der Waals surface area contributed by atoms with Crippen LogP contribution in [0.2, 0.25) is 0 Å². The molecule has 0 bridgehead atoms. The number of nitrogens with zero attached hydrogens (tertiary/aromatic N) is 2. The van der Waals surface area contributed by atoms with E-state index in [2.05, 4.69) is 10.3 Å². The minimum Gasteiger partial charge on any atom is -0.469 e. The smallest absolute Gasteiger partial charge is 0.416 e. The van der Waals surface area contributed by atoms with Gasteiger partial charge in [0.2, 0.25) is 0 Å². The Bertz CT molecular complexity index is 981. The molecule has 6 nitrogen and oxygen atoms in total. The van der Waals surface area contributed by atoms with Crippen molar-refractivity contribution in [2.45, 2.75) is 51.7 Å². The molecule has 3 rings (SSSR count). The van der Waals surface area contributed by atoms with Gasteiger partial charge in [0, 0.05) is 19.5 Å². The second-order valence-corrected chi connectivity index (χ2v) is 9.27. The molecular weight excluding hydrogens is 550 g/mol. The zero-order valence-electron chi connectivity index (χ0n) is 18.5. The third kappa shape index (κ3) is 6.27. The summed E-state index contributed by atoms with van der Waals surface area (Å²) in [5, 5.41) is 2.99. The lowest BCUT2D eigenvalue weighted by atomic mass is 9.82. The molecule has 2 aromatic rings. The summed E-state index contributed by atoms with van der Waals surface area (Å²) in [4.78, 5) is 29.2. The molecule has 180 valence electrons. The normalized spacial score (nSPS) is 18.7. The van der Waals surface area contributed by atoms with Crippen LogP contribution in [0.4, 0.5) is 13.2 Å². The fraction of sp³-hybridized carbons (Fsp3) is 0.522. The van der Waals surface area contributed by atoms with Gasteiger partial charge >= 0.3 is 12.1 Å². The number of methoxy groups -OCH3 is 1. The summed E-state index contributed by atoms with van der Waals surface area (Å²) < 4.78 is 45.7. The van der Waals surface area contributed by atoms with Crippen LogP contribution in [0.5, 0.6) is 0 Å². The maximum Gasteiger partial charge on any atom is 0.416 e. The topological polar surface area (TPSA) is 73.2 Å². The van der Waals surface area contributed by atoms with Crippen molar-refractivity contribution in [2.24, 2.45) is 11.8 Å². The van der Waals surface area contributed by atoms with Crippen molar-refractivity contribution in [1.82, 2.24) is 14.9 Å². The first kappa shape index (κ1) is 25.5. The van der Waals surface area contributed by atoms with Crippen LogP contribution in [-0.2, 0) is 28.7 Å². The lowest BCUT2D eigenvalue weighted by Crippen LogP contribution is -2.34. The highest BCUT2D eigenvalue weighted by molar-refractivity contribution is 14.1. The summed E-state index contributed by atoms with van der Waals surface area (Å²) in [7, 11) is 1.40. The molecule has 0 aliphatic heterocycles. The number of ether oxygens (including phenoxy) is 1. The summed E-state index contributed by atoms with van der Waals surface area (Å²) in [6.45, 7) is 2.67. The predicted molar refractivity (Wildman–Crippen MR) is 125 cm³/mol. The number of alkyl halides is 3. The van der Waals surface area contributed by atoms with Gasteiger partial charge in [-0.15, -0.1) is 0 Å². The quantitative estimate of drug-likeness (QED) is 0.378. The van der Waals surface area contributed by atoms with Crippen LogP contribution in [0.25, 0.3) is 0 Å². The van der Waals surface area contributed by atoms with Crippen LogP contribution in [0, 0.1) is 15.5 Å². The van der Waals surface area contributed by atoms with Crippen LogP contribution < -0.4 is 5.32 Å². The largest absolute Gasteiger partial charge is 0.469 e. The van der Waals surface area contributed by atoms with Gasteiger partial charge in [0.1, 0.15) is 15.2 Å². The number of nitrogens with one attached hydrogen (secondary N) is 1. The second-order valence-electron chi connectivity index (χ2n) is 8.25. The molecule has 1 N–H and O–H groups in total. The van der Waals surface area contributed by atoms with E-state index >= 15 is 0 Å². The number of aromatic nitrogens is 2. The molecule has 0 radical (unpaired) electrons. The molecule has 10 heteroatoms. The minimum atomic E-state index is -4.39. The first-order chi connectivity index (χ1) is 15.6. The number of esters is 1. The standard InChI is InChI=1S/C23H27F3IN3O3/c1-3-18-29-20(27)19(30(18)13-15-6-10-17(11-7-15)23(24,25)26)21(31)28-12-14-4-8-16(9-5-14)22(32)33-2/h6-7,10-11,14,16H,3-5,8-9,12-13H2,1-2H3,(H,28,31). The Hall–Kier alpha value is -2.11. The van der Waals surface area contributed by atoms with Crippen molar-refractivity contribution in [1.29, 1.82) is 0 Å². The molecule has 1 aliphatic rings. The molecule has 1 saturated carbocycles. The van der Waals surface area contributed by atoms with Gasteiger partial charge in [-0.2, -0.15) is 13.2 Å². The van der Waals surface area contributed by atoms with Crippen LogP contribution in [0.15, 0.2) is 24.3 Å². The first-order valence-electron chi connectivity index (χ1n) is 10.9. The van der Waals surface area contributed by atoms with Gasteiger partial charge in [-0.05, 0) is 71.9 Å². The summed E-state index contributed by atoms with van der Waals surface area (Å²) >= 11 is 2.02. The van der Waals surface area contributed by atoms with Gasteiger partial charge in [0.15, 0.2) is 0 Å². The fourth-order valence-corrected chi connectivity index (χ4v) is 5.01. The molecule has 1 aromatic carbocycles. The number of hydrogen-bond donors (Lipinski definition) is 1. The van der Waals surface area contributed by atoms with E-state index in [1.54, 1.807) is 4.57 Å². The summed E-state index contributed by atoms with van der Waals surface area (Å²) in [5.74, 6) is 0.479. The number of imidazole rings is 1. The van der Waals surface area contributed by atoms with E-state index in [1.165, 1.54) is 19.2 Å². The molecule has 1 aromatic heterocycles. The van der Waals surface area contributed by atoms with Gasteiger partial charge in [0.25, 0.3) is 5.91 Å². The molecule has 1 heterocycles. The number of hydrogen-bond acceptors (Lipinski definition) is 4. The maximum atomic E-state index is 13.1. The highest BCUT2D eigenvalue weighted by Gasteiger charge is 2.30. The van der Waals surface area contributed by atoms with Crippen molar-refractivity contribution in [3.8, 4) is 0 Å². The molecule has 33 heavy (non-hydrogen) atoms. The number of carbonyl (C=O) groups excluding carboxylic acids is 2. The highest BCUT2D eigenvalue weighted by atomic mass is 127.